The summed E-state index contributed by atoms with van der Waals surface area (Å²) in [7, 11) is 1.51. The highest BCUT2D eigenvalue weighted by Crippen LogP contribution is 2.31. The zero-order valence-corrected chi connectivity index (χ0v) is 18.9. The van der Waals surface area contributed by atoms with E-state index in [0.717, 1.165) is 12.1 Å². The number of amides is 1. The molecule has 0 aliphatic rings. The molecule has 0 spiro atoms. The number of nitrogens with one attached hydrogen (secondary N) is 2. The first-order chi connectivity index (χ1) is 16.7. The summed E-state index contributed by atoms with van der Waals surface area (Å²) in [5.41, 5.74) is 1.23. The quantitative estimate of drug-likeness (QED) is 0.339. The molecule has 3 rings (SSSR count). The van der Waals surface area contributed by atoms with Gasteiger partial charge in [0.2, 0.25) is 5.91 Å². The van der Waals surface area contributed by atoms with Crippen LogP contribution in [0.25, 0.3) is 0 Å². The molecule has 35 heavy (non-hydrogen) atoms. The molecule has 0 fully saturated rings. The van der Waals surface area contributed by atoms with Crippen LogP contribution >= 0.6 is 0 Å². The fourth-order valence-electron chi connectivity index (χ4n) is 3.74. The minimum Gasteiger partial charge on any atom is -0.435 e. The Bertz CT molecular complexity index is 1090. The predicted molar refractivity (Wildman–Crippen MR) is 122 cm³/mol. The fraction of sp³-hybridized carbons (Fsp3) is 0.269. The van der Waals surface area contributed by atoms with Gasteiger partial charge in [0.25, 0.3) is 0 Å². The highest BCUT2D eigenvalue weighted by atomic mass is 19.4. The molecule has 0 aliphatic carbocycles. The number of aryl methyl sites for hydroxylation is 1. The molecule has 2 atom stereocenters. The standard InChI is InChI=1S/C26H25F5N2O2/c1-32-24(34)23(18-6-3-2-4-7-18)33-22(19-8-5-9-21(16-19)35-25(27)28)15-12-17-10-13-20(14-11-17)26(29,30)31/h2-11,13-14,16,22-23,25,33H,12,15H2,1H3,(H,32,34)/t22-,23-/m0/s1. The summed E-state index contributed by atoms with van der Waals surface area (Å²) >= 11 is 0. The second-order valence-electron chi connectivity index (χ2n) is 7.86. The minimum absolute atomic E-state index is 0.0324. The summed E-state index contributed by atoms with van der Waals surface area (Å²) in [6, 6.07) is 18.7. The Morgan fingerprint density at radius 1 is 0.914 bits per heavy atom. The van der Waals surface area contributed by atoms with Gasteiger partial charge in [0.1, 0.15) is 11.8 Å². The van der Waals surface area contributed by atoms with Gasteiger partial charge in [0.15, 0.2) is 0 Å². The molecule has 0 unspecified atom stereocenters. The van der Waals surface area contributed by atoms with Crippen molar-refractivity contribution in [3.8, 4) is 5.75 Å². The maximum Gasteiger partial charge on any atom is 0.416 e. The molecular formula is C26H25F5N2O2. The average Bonchev–Trinajstić information content (AvgIpc) is 2.84. The maximum absolute atomic E-state index is 12.9. The number of hydrogen-bond acceptors (Lipinski definition) is 3. The first-order valence-electron chi connectivity index (χ1n) is 10.9. The van der Waals surface area contributed by atoms with Crippen molar-refractivity contribution < 1.29 is 31.5 Å². The van der Waals surface area contributed by atoms with E-state index in [1.165, 1.54) is 31.3 Å². The number of carbonyl (C=O) groups excluding carboxylic acids is 1. The van der Waals surface area contributed by atoms with Gasteiger partial charge in [0, 0.05) is 13.1 Å². The molecule has 0 saturated carbocycles. The van der Waals surface area contributed by atoms with Gasteiger partial charge in [-0.05, 0) is 53.8 Å². The Balaban J connectivity index is 1.88. The van der Waals surface area contributed by atoms with Crippen LogP contribution in [0.1, 0.15) is 40.8 Å². The van der Waals surface area contributed by atoms with Crippen LogP contribution in [0.15, 0.2) is 78.9 Å². The number of rotatable bonds is 10. The maximum atomic E-state index is 12.9. The molecule has 0 heterocycles. The van der Waals surface area contributed by atoms with Crippen molar-refractivity contribution in [3.63, 3.8) is 0 Å². The SMILES string of the molecule is CNC(=O)[C@@H](N[C@@H](CCc1ccc(C(F)(F)F)cc1)c1cccc(OC(F)F)c1)c1ccccc1. The van der Waals surface area contributed by atoms with Crippen molar-refractivity contribution in [2.75, 3.05) is 7.05 Å². The van der Waals surface area contributed by atoms with Crippen molar-refractivity contribution in [2.45, 2.75) is 37.7 Å². The van der Waals surface area contributed by atoms with Crippen LogP contribution in [0.2, 0.25) is 0 Å². The smallest absolute Gasteiger partial charge is 0.416 e. The molecule has 2 N–H and O–H groups in total. The van der Waals surface area contributed by atoms with Crippen LogP contribution in [-0.2, 0) is 17.4 Å². The normalized spacial score (nSPS) is 13.3. The summed E-state index contributed by atoms with van der Waals surface area (Å²) in [5, 5.41) is 5.91. The molecule has 0 saturated heterocycles. The zero-order valence-electron chi connectivity index (χ0n) is 18.9. The lowest BCUT2D eigenvalue weighted by molar-refractivity contribution is -0.137. The van der Waals surface area contributed by atoms with Gasteiger partial charge in [-0.3, -0.25) is 10.1 Å². The van der Waals surface area contributed by atoms with Gasteiger partial charge in [-0.25, -0.2) is 0 Å². The highest BCUT2D eigenvalue weighted by molar-refractivity contribution is 5.83. The molecular weight excluding hydrogens is 467 g/mol. The Morgan fingerprint density at radius 2 is 1.57 bits per heavy atom. The van der Waals surface area contributed by atoms with Crippen molar-refractivity contribution in [1.29, 1.82) is 0 Å². The van der Waals surface area contributed by atoms with Crippen LogP contribution in [0, 0.1) is 0 Å². The molecule has 0 aliphatic heterocycles. The third kappa shape index (κ3) is 7.51. The Hall–Kier alpha value is -3.46. The lowest BCUT2D eigenvalue weighted by atomic mass is 9.96. The Kier molecular flexibility index (Phi) is 8.81. The van der Waals surface area contributed by atoms with Gasteiger partial charge >= 0.3 is 12.8 Å². The summed E-state index contributed by atoms with van der Waals surface area (Å²) in [5.74, 6) is -0.328. The van der Waals surface area contributed by atoms with E-state index in [1.54, 1.807) is 36.4 Å². The van der Waals surface area contributed by atoms with E-state index in [0.29, 0.717) is 29.5 Å². The van der Waals surface area contributed by atoms with E-state index < -0.39 is 30.4 Å². The topological polar surface area (TPSA) is 50.4 Å². The van der Waals surface area contributed by atoms with Gasteiger partial charge in [0.05, 0.1) is 5.56 Å². The first kappa shape index (κ1) is 26.2. The zero-order chi connectivity index (χ0) is 25.4. The predicted octanol–water partition coefficient (Wildman–Crippen LogP) is 6.06. The molecule has 0 radical (unpaired) electrons. The fourth-order valence-corrected chi connectivity index (χ4v) is 3.74. The molecule has 1 amide bonds. The van der Waals surface area contributed by atoms with Gasteiger partial charge in [-0.2, -0.15) is 22.0 Å². The third-order valence-corrected chi connectivity index (χ3v) is 5.50. The molecule has 9 heteroatoms. The summed E-state index contributed by atoms with van der Waals surface area (Å²) in [6.45, 7) is -2.99. The van der Waals surface area contributed by atoms with Crippen molar-refractivity contribution in [2.24, 2.45) is 0 Å². The largest absolute Gasteiger partial charge is 0.435 e. The monoisotopic (exact) mass is 492 g/mol. The molecule has 186 valence electrons. The number of carbonyl (C=O) groups is 1. The Labute approximate surface area is 200 Å². The van der Waals surface area contributed by atoms with E-state index in [-0.39, 0.29) is 11.7 Å². The van der Waals surface area contributed by atoms with Gasteiger partial charge in [-0.15, -0.1) is 0 Å². The lowest BCUT2D eigenvalue weighted by Crippen LogP contribution is -2.38. The van der Waals surface area contributed by atoms with Crippen LogP contribution < -0.4 is 15.4 Å². The minimum atomic E-state index is -4.43. The number of hydrogen-bond donors (Lipinski definition) is 2. The summed E-state index contributed by atoms with van der Waals surface area (Å²) < 4.78 is 68.7. The second kappa shape index (κ2) is 11.8. The van der Waals surface area contributed by atoms with Crippen molar-refractivity contribution >= 4 is 5.91 Å². The van der Waals surface area contributed by atoms with E-state index >= 15 is 0 Å². The lowest BCUT2D eigenvalue weighted by Gasteiger charge is -2.26. The second-order valence-corrected chi connectivity index (χ2v) is 7.86. The van der Waals surface area contributed by atoms with Crippen LogP contribution in [0.3, 0.4) is 0 Å². The number of ether oxygens (including phenoxy) is 1. The number of alkyl halides is 5. The average molecular weight is 492 g/mol. The summed E-state index contributed by atoms with van der Waals surface area (Å²) in [4.78, 5) is 12.7. The molecule has 0 bridgehead atoms. The van der Waals surface area contributed by atoms with Gasteiger partial charge in [-0.1, -0.05) is 54.6 Å². The first-order valence-corrected chi connectivity index (χ1v) is 10.9. The third-order valence-electron chi connectivity index (χ3n) is 5.50. The highest BCUT2D eigenvalue weighted by Gasteiger charge is 2.30. The van der Waals surface area contributed by atoms with Crippen LogP contribution in [0.4, 0.5) is 22.0 Å². The number of halogens is 5. The van der Waals surface area contributed by atoms with E-state index in [1.807, 2.05) is 6.07 Å². The number of benzene rings is 3. The molecule has 0 aromatic heterocycles. The van der Waals surface area contributed by atoms with Crippen LogP contribution in [-0.4, -0.2) is 19.6 Å². The van der Waals surface area contributed by atoms with Crippen LogP contribution in [0.5, 0.6) is 5.75 Å². The Morgan fingerprint density at radius 3 is 2.17 bits per heavy atom. The van der Waals surface area contributed by atoms with E-state index in [2.05, 4.69) is 15.4 Å². The van der Waals surface area contributed by atoms with E-state index in [4.69, 9.17) is 0 Å². The molecule has 4 nitrogen and oxygen atoms in total. The molecule has 3 aromatic carbocycles. The van der Waals surface area contributed by atoms with Gasteiger partial charge < -0.3 is 10.1 Å². The molecule has 3 aromatic rings. The van der Waals surface area contributed by atoms with E-state index in [9.17, 15) is 26.7 Å². The summed E-state index contributed by atoms with van der Waals surface area (Å²) in [6.07, 6.45) is -3.67. The van der Waals surface area contributed by atoms with Crippen molar-refractivity contribution in [1.82, 2.24) is 10.6 Å². The van der Waals surface area contributed by atoms with Crippen molar-refractivity contribution in [3.05, 3.63) is 101 Å². The number of likely N-dealkylation sites (N-methyl/N-ethyl adjacent to an activating group) is 1.